The van der Waals surface area contributed by atoms with Gasteiger partial charge < -0.3 is 14.8 Å². The van der Waals surface area contributed by atoms with Crippen molar-refractivity contribution in [1.29, 1.82) is 0 Å². The maximum atomic E-state index is 12.6. The monoisotopic (exact) mass is 354 g/mol. The first-order valence-corrected chi connectivity index (χ1v) is 8.92. The normalized spacial score (nSPS) is 15.8. The van der Waals surface area contributed by atoms with Gasteiger partial charge in [0.2, 0.25) is 0 Å². The summed E-state index contributed by atoms with van der Waals surface area (Å²) in [6, 6.07) is 11.2. The zero-order valence-corrected chi connectivity index (χ0v) is 15.7. The van der Waals surface area contributed by atoms with Gasteiger partial charge in [-0.25, -0.2) is 0 Å². The second-order valence-corrected chi connectivity index (χ2v) is 6.94. The molecule has 0 atom stereocenters. The van der Waals surface area contributed by atoms with E-state index in [0.717, 1.165) is 49.7 Å². The Bertz CT molecular complexity index is 851. The molecule has 1 amide bonds. The van der Waals surface area contributed by atoms with Crippen molar-refractivity contribution in [2.75, 3.05) is 38.5 Å². The van der Waals surface area contributed by atoms with E-state index in [1.165, 1.54) is 4.57 Å². The molecule has 1 aromatic carbocycles. The second-order valence-electron chi connectivity index (χ2n) is 6.94. The molecule has 1 aliphatic rings. The van der Waals surface area contributed by atoms with Crippen molar-refractivity contribution in [1.82, 2.24) is 14.4 Å². The van der Waals surface area contributed by atoms with Gasteiger partial charge in [0.1, 0.15) is 5.56 Å². The molecule has 0 aliphatic carbocycles. The number of hydrogen-bond acceptors (Lipinski definition) is 4. The summed E-state index contributed by atoms with van der Waals surface area (Å²) in [7, 11) is 3.81. The first-order chi connectivity index (χ1) is 12.5. The number of piperazine rings is 1. The van der Waals surface area contributed by atoms with Crippen LogP contribution in [0.25, 0.3) is 0 Å². The van der Waals surface area contributed by atoms with Crippen LogP contribution in [0.4, 0.5) is 5.69 Å². The SMILES string of the molecule is Cc1ccc(C(=O)Nc2ccccc2CN2CCN(C)CC2)c(=O)n1C. The minimum atomic E-state index is -0.364. The fourth-order valence-electron chi connectivity index (χ4n) is 3.12. The Kier molecular flexibility index (Phi) is 5.54. The minimum Gasteiger partial charge on any atom is -0.322 e. The third-order valence-corrected chi connectivity index (χ3v) is 5.06. The van der Waals surface area contributed by atoms with Gasteiger partial charge in [0.05, 0.1) is 0 Å². The molecule has 6 nitrogen and oxygen atoms in total. The number of rotatable bonds is 4. The molecule has 26 heavy (non-hydrogen) atoms. The summed E-state index contributed by atoms with van der Waals surface area (Å²) < 4.78 is 1.49. The predicted octanol–water partition coefficient (Wildman–Crippen LogP) is 1.69. The lowest BCUT2D eigenvalue weighted by atomic mass is 10.1. The Labute approximate surface area is 154 Å². The lowest BCUT2D eigenvalue weighted by molar-refractivity contribution is 0.102. The first-order valence-electron chi connectivity index (χ1n) is 8.92. The quantitative estimate of drug-likeness (QED) is 0.908. The summed E-state index contributed by atoms with van der Waals surface area (Å²) in [6.07, 6.45) is 0. The molecule has 1 fully saturated rings. The molecule has 0 spiro atoms. The van der Waals surface area contributed by atoms with Crippen LogP contribution in [0.1, 0.15) is 21.6 Å². The minimum absolute atomic E-state index is 0.160. The maximum absolute atomic E-state index is 12.6. The number of carbonyl (C=O) groups is 1. The molecule has 2 aromatic rings. The first kappa shape index (κ1) is 18.4. The topological polar surface area (TPSA) is 57.6 Å². The van der Waals surface area contributed by atoms with E-state index in [-0.39, 0.29) is 17.0 Å². The summed E-state index contributed by atoms with van der Waals surface area (Å²) in [5.41, 5.74) is 2.53. The highest BCUT2D eigenvalue weighted by molar-refractivity contribution is 6.04. The average molecular weight is 354 g/mol. The fourth-order valence-corrected chi connectivity index (χ4v) is 3.12. The van der Waals surface area contributed by atoms with E-state index in [4.69, 9.17) is 0 Å². The number of hydrogen-bond donors (Lipinski definition) is 1. The van der Waals surface area contributed by atoms with E-state index in [9.17, 15) is 9.59 Å². The Morgan fingerprint density at radius 2 is 1.73 bits per heavy atom. The molecule has 0 bridgehead atoms. The van der Waals surface area contributed by atoms with Crippen molar-refractivity contribution in [2.45, 2.75) is 13.5 Å². The van der Waals surface area contributed by atoms with Crippen LogP contribution >= 0.6 is 0 Å². The van der Waals surface area contributed by atoms with E-state index < -0.39 is 0 Å². The van der Waals surface area contributed by atoms with Gasteiger partial charge in [-0.05, 0) is 37.7 Å². The van der Waals surface area contributed by atoms with Gasteiger partial charge in [0.15, 0.2) is 0 Å². The van der Waals surface area contributed by atoms with E-state index in [1.807, 2.05) is 31.2 Å². The largest absolute Gasteiger partial charge is 0.322 e. The van der Waals surface area contributed by atoms with E-state index >= 15 is 0 Å². The summed E-state index contributed by atoms with van der Waals surface area (Å²) in [4.78, 5) is 29.7. The number of pyridine rings is 1. The maximum Gasteiger partial charge on any atom is 0.263 e. The molecule has 1 aromatic heterocycles. The molecule has 138 valence electrons. The standard InChI is InChI=1S/C20H26N4O2/c1-15-8-9-17(20(26)23(15)3)19(25)21-18-7-5-4-6-16(18)14-24-12-10-22(2)11-13-24/h4-9H,10-14H2,1-3H3,(H,21,25). The highest BCUT2D eigenvalue weighted by Gasteiger charge is 2.17. The third kappa shape index (κ3) is 4.03. The summed E-state index contributed by atoms with van der Waals surface area (Å²) in [5.74, 6) is -0.364. The number of anilines is 1. The van der Waals surface area contributed by atoms with Crippen molar-refractivity contribution in [2.24, 2.45) is 7.05 Å². The lowest BCUT2D eigenvalue weighted by Gasteiger charge is -2.32. The van der Waals surface area contributed by atoms with Crippen LogP contribution in [0.3, 0.4) is 0 Å². The van der Waals surface area contributed by atoms with Crippen LogP contribution in [0.2, 0.25) is 0 Å². The Morgan fingerprint density at radius 3 is 2.46 bits per heavy atom. The van der Waals surface area contributed by atoms with E-state index in [0.29, 0.717) is 0 Å². The zero-order chi connectivity index (χ0) is 18.7. The van der Waals surface area contributed by atoms with Gasteiger partial charge in [0, 0.05) is 51.2 Å². The van der Waals surface area contributed by atoms with Crippen molar-refractivity contribution < 1.29 is 4.79 Å². The summed E-state index contributed by atoms with van der Waals surface area (Å²) >= 11 is 0. The number of carbonyl (C=O) groups excluding carboxylic acids is 1. The molecule has 0 radical (unpaired) electrons. The summed E-state index contributed by atoms with van der Waals surface area (Å²) in [6.45, 7) is 6.75. The molecular formula is C20H26N4O2. The van der Waals surface area contributed by atoms with Crippen molar-refractivity contribution in [3.63, 3.8) is 0 Å². The predicted molar refractivity (Wildman–Crippen MR) is 104 cm³/mol. The fraction of sp³-hybridized carbons (Fsp3) is 0.400. The van der Waals surface area contributed by atoms with Gasteiger partial charge in [-0.3, -0.25) is 14.5 Å². The van der Waals surface area contributed by atoms with Crippen molar-refractivity contribution in [3.05, 3.63) is 63.6 Å². The number of nitrogens with zero attached hydrogens (tertiary/aromatic N) is 3. The van der Waals surface area contributed by atoms with E-state index in [1.54, 1.807) is 19.2 Å². The smallest absolute Gasteiger partial charge is 0.263 e. The molecule has 1 saturated heterocycles. The van der Waals surface area contributed by atoms with Crippen LogP contribution in [0, 0.1) is 6.92 Å². The third-order valence-electron chi connectivity index (χ3n) is 5.06. The Morgan fingerprint density at radius 1 is 1.04 bits per heavy atom. The van der Waals surface area contributed by atoms with Gasteiger partial charge in [-0.1, -0.05) is 18.2 Å². The van der Waals surface area contributed by atoms with Crippen LogP contribution in [-0.2, 0) is 13.6 Å². The molecule has 0 unspecified atom stereocenters. The van der Waals surface area contributed by atoms with Crippen molar-refractivity contribution >= 4 is 11.6 Å². The van der Waals surface area contributed by atoms with Crippen molar-refractivity contribution in [3.8, 4) is 0 Å². The van der Waals surface area contributed by atoms with Gasteiger partial charge in [-0.2, -0.15) is 0 Å². The number of aryl methyl sites for hydroxylation is 1. The number of benzene rings is 1. The number of nitrogens with one attached hydrogen (secondary N) is 1. The highest BCUT2D eigenvalue weighted by atomic mass is 16.2. The molecule has 2 heterocycles. The lowest BCUT2D eigenvalue weighted by Crippen LogP contribution is -2.44. The Balaban J connectivity index is 1.77. The van der Waals surface area contributed by atoms with Crippen LogP contribution in [-0.4, -0.2) is 53.5 Å². The van der Waals surface area contributed by atoms with E-state index in [2.05, 4.69) is 22.2 Å². The molecule has 6 heteroatoms. The van der Waals surface area contributed by atoms with Gasteiger partial charge in [-0.15, -0.1) is 0 Å². The number of amides is 1. The molecule has 3 rings (SSSR count). The Hall–Kier alpha value is -2.44. The summed E-state index contributed by atoms with van der Waals surface area (Å²) in [5, 5.41) is 2.92. The van der Waals surface area contributed by atoms with Crippen LogP contribution < -0.4 is 10.9 Å². The van der Waals surface area contributed by atoms with Gasteiger partial charge in [0.25, 0.3) is 11.5 Å². The van der Waals surface area contributed by atoms with Gasteiger partial charge >= 0.3 is 0 Å². The van der Waals surface area contributed by atoms with Crippen LogP contribution in [0.5, 0.6) is 0 Å². The molecule has 1 N–H and O–H groups in total. The van der Waals surface area contributed by atoms with Crippen LogP contribution in [0.15, 0.2) is 41.2 Å². The number of likely N-dealkylation sites (N-methyl/N-ethyl adjacent to an activating group) is 1. The second kappa shape index (κ2) is 7.85. The highest BCUT2D eigenvalue weighted by Crippen LogP contribution is 2.18. The number of aromatic nitrogens is 1. The zero-order valence-electron chi connectivity index (χ0n) is 15.7. The number of para-hydroxylation sites is 1. The molecule has 1 aliphatic heterocycles. The molecule has 0 saturated carbocycles. The average Bonchev–Trinajstić information content (AvgIpc) is 2.63. The molecular weight excluding hydrogens is 328 g/mol.